The number of carbonyl (C=O) groups excluding carboxylic acids is 2. The predicted molar refractivity (Wildman–Crippen MR) is 128 cm³/mol. The molecule has 7 nitrogen and oxygen atoms in total. The van der Waals surface area contributed by atoms with E-state index in [1.54, 1.807) is 23.1 Å². The maximum atomic E-state index is 13.2. The zero-order valence-corrected chi connectivity index (χ0v) is 20.0. The molecule has 33 heavy (non-hydrogen) atoms. The number of aryl methyl sites for hydroxylation is 1. The van der Waals surface area contributed by atoms with Gasteiger partial charge in [-0.2, -0.15) is 0 Å². The topological polar surface area (TPSA) is 95.6 Å². The van der Waals surface area contributed by atoms with Crippen LogP contribution in [0.1, 0.15) is 59.7 Å². The molecule has 1 heterocycles. The first-order chi connectivity index (χ1) is 15.8. The second-order valence-corrected chi connectivity index (χ2v) is 10.6. The van der Waals surface area contributed by atoms with Gasteiger partial charge < -0.3 is 10.2 Å². The molecular weight excluding hydrogens is 438 g/mol. The molecule has 176 valence electrons. The van der Waals surface area contributed by atoms with Gasteiger partial charge in [0.1, 0.15) is 0 Å². The zero-order chi connectivity index (χ0) is 23.6. The molecule has 0 saturated carbocycles. The van der Waals surface area contributed by atoms with E-state index in [2.05, 4.69) is 10.0 Å². The van der Waals surface area contributed by atoms with Gasteiger partial charge in [-0.05, 0) is 73.9 Å². The summed E-state index contributed by atoms with van der Waals surface area (Å²) in [6, 6.07) is 10.4. The van der Waals surface area contributed by atoms with Gasteiger partial charge in [-0.1, -0.05) is 25.1 Å². The number of nitrogens with one attached hydrogen (secondary N) is 2. The van der Waals surface area contributed by atoms with Crippen LogP contribution in [-0.4, -0.2) is 44.3 Å². The first kappa shape index (κ1) is 23.4. The van der Waals surface area contributed by atoms with Crippen molar-refractivity contribution in [2.45, 2.75) is 63.3 Å². The van der Waals surface area contributed by atoms with Crippen LogP contribution in [0, 0.1) is 6.92 Å². The van der Waals surface area contributed by atoms with Gasteiger partial charge in [0.25, 0.3) is 5.91 Å². The molecule has 0 aromatic heterocycles. The molecule has 2 aromatic rings. The Morgan fingerprint density at radius 2 is 1.85 bits per heavy atom. The van der Waals surface area contributed by atoms with E-state index in [1.165, 1.54) is 0 Å². The zero-order valence-electron chi connectivity index (χ0n) is 19.2. The molecule has 1 fully saturated rings. The predicted octanol–water partition coefficient (Wildman–Crippen LogP) is 3.42. The normalized spacial score (nSPS) is 17.8. The Morgan fingerprint density at radius 1 is 1.09 bits per heavy atom. The van der Waals surface area contributed by atoms with E-state index in [-0.39, 0.29) is 22.8 Å². The lowest BCUT2D eigenvalue weighted by molar-refractivity contribution is -0.130. The van der Waals surface area contributed by atoms with Crippen LogP contribution < -0.4 is 10.0 Å². The Bertz CT molecular complexity index is 1180. The fraction of sp³-hybridized carbons (Fsp3) is 0.440. The third-order valence-electron chi connectivity index (χ3n) is 6.50. The summed E-state index contributed by atoms with van der Waals surface area (Å²) < 4.78 is 29.3. The van der Waals surface area contributed by atoms with Gasteiger partial charge in [0.15, 0.2) is 0 Å². The molecule has 1 unspecified atom stereocenters. The number of nitrogens with zero attached hydrogens (tertiary/aromatic N) is 1. The SMILES string of the molecule is CCCC(=O)N1CCC(NS(=O)(=O)c2ccc(NC(=O)c3ccccc3C)c3c2CCC3)C1. The maximum Gasteiger partial charge on any atom is 0.255 e. The first-order valence-corrected chi connectivity index (χ1v) is 13.1. The summed E-state index contributed by atoms with van der Waals surface area (Å²) in [5, 5.41) is 2.98. The van der Waals surface area contributed by atoms with E-state index in [0.29, 0.717) is 43.6 Å². The van der Waals surface area contributed by atoms with Gasteiger partial charge >= 0.3 is 0 Å². The number of fused-ring (bicyclic) bond motifs is 1. The Kier molecular flexibility index (Phi) is 6.86. The summed E-state index contributed by atoms with van der Waals surface area (Å²) in [6.45, 7) is 4.83. The summed E-state index contributed by atoms with van der Waals surface area (Å²) in [6.07, 6.45) is 4.11. The van der Waals surface area contributed by atoms with Crippen molar-refractivity contribution >= 4 is 27.5 Å². The molecule has 8 heteroatoms. The highest BCUT2D eigenvalue weighted by Crippen LogP contribution is 2.34. The fourth-order valence-electron chi connectivity index (χ4n) is 4.80. The van der Waals surface area contributed by atoms with Crippen molar-refractivity contribution in [3.05, 3.63) is 58.7 Å². The molecule has 2 aliphatic rings. The number of likely N-dealkylation sites (tertiary alicyclic amines) is 1. The smallest absolute Gasteiger partial charge is 0.255 e. The van der Waals surface area contributed by atoms with E-state index in [0.717, 1.165) is 36.0 Å². The van der Waals surface area contributed by atoms with Crippen molar-refractivity contribution in [2.24, 2.45) is 0 Å². The molecule has 1 atom stereocenters. The number of carbonyl (C=O) groups is 2. The summed E-state index contributed by atoms with van der Waals surface area (Å²) in [5.74, 6) is -0.118. The van der Waals surface area contributed by atoms with Crippen molar-refractivity contribution in [3.63, 3.8) is 0 Å². The van der Waals surface area contributed by atoms with Crippen LogP contribution in [0.3, 0.4) is 0 Å². The van der Waals surface area contributed by atoms with Gasteiger partial charge in [-0.3, -0.25) is 9.59 Å². The minimum absolute atomic E-state index is 0.0776. The van der Waals surface area contributed by atoms with Gasteiger partial charge in [-0.15, -0.1) is 0 Å². The van der Waals surface area contributed by atoms with E-state index in [1.807, 2.05) is 32.0 Å². The second kappa shape index (κ2) is 9.65. The van der Waals surface area contributed by atoms with Gasteiger partial charge in [0, 0.05) is 36.8 Å². The number of hydrogen-bond acceptors (Lipinski definition) is 4. The lowest BCUT2D eigenvalue weighted by Gasteiger charge is -2.19. The largest absolute Gasteiger partial charge is 0.341 e. The number of amides is 2. The number of rotatable bonds is 7. The number of sulfonamides is 1. The molecule has 2 aromatic carbocycles. The van der Waals surface area contributed by atoms with Crippen LogP contribution in [0.4, 0.5) is 5.69 Å². The number of benzene rings is 2. The summed E-state index contributed by atoms with van der Waals surface area (Å²) in [4.78, 5) is 27.0. The van der Waals surface area contributed by atoms with Gasteiger partial charge in [0.2, 0.25) is 15.9 Å². The molecular formula is C25H31N3O4S. The Morgan fingerprint density at radius 3 is 2.61 bits per heavy atom. The van der Waals surface area contributed by atoms with E-state index in [9.17, 15) is 18.0 Å². The number of hydrogen-bond donors (Lipinski definition) is 2. The molecule has 1 saturated heterocycles. The minimum Gasteiger partial charge on any atom is -0.341 e. The third kappa shape index (κ3) is 4.96. The summed E-state index contributed by atoms with van der Waals surface area (Å²) >= 11 is 0. The van der Waals surface area contributed by atoms with Crippen molar-refractivity contribution < 1.29 is 18.0 Å². The van der Waals surface area contributed by atoms with Crippen molar-refractivity contribution in [2.75, 3.05) is 18.4 Å². The lowest BCUT2D eigenvalue weighted by atomic mass is 10.1. The Hall–Kier alpha value is -2.71. The lowest BCUT2D eigenvalue weighted by Crippen LogP contribution is -2.38. The standard InChI is InChI=1S/C25H31N3O4S/c1-3-7-24(29)28-15-14-18(16-28)27-33(31,32)23-13-12-22(20-10-6-11-21(20)23)26-25(30)19-9-5-4-8-17(19)2/h4-5,8-9,12-13,18,27H,3,6-7,10-11,14-16H2,1-2H3,(H,26,30). The second-order valence-electron chi connectivity index (χ2n) is 8.89. The highest BCUT2D eigenvalue weighted by molar-refractivity contribution is 7.89. The van der Waals surface area contributed by atoms with Crippen LogP contribution in [0.15, 0.2) is 41.3 Å². The van der Waals surface area contributed by atoms with Crippen LogP contribution in [0.2, 0.25) is 0 Å². The summed E-state index contributed by atoms with van der Waals surface area (Å²) in [5.41, 5.74) is 3.84. The molecule has 4 rings (SSSR count). The number of anilines is 1. The maximum absolute atomic E-state index is 13.2. The molecule has 0 spiro atoms. The van der Waals surface area contributed by atoms with E-state index >= 15 is 0 Å². The first-order valence-electron chi connectivity index (χ1n) is 11.6. The van der Waals surface area contributed by atoms with Gasteiger partial charge in [0.05, 0.1) is 4.90 Å². The molecule has 1 aliphatic heterocycles. The van der Waals surface area contributed by atoms with Crippen LogP contribution in [0.25, 0.3) is 0 Å². The van der Waals surface area contributed by atoms with Crippen LogP contribution in [-0.2, 0) is 27.7 Å². The van der Waals surface area contributed by atoms with Crippen molar-refractivity contribution in [1.82, 2.24) is 9.62 Å². The third-order valence-corrected chi connectivity index (χ3v) is 8.10. The average molecular weight is 470 g/mol. The molecule has 2 amide bonds. The Labute approximate surface area is 195 Å². The van der Waals surface area contributed by atoms with E-state index in [4.69, 9.17) is 0 Å². The van der Waals surface area contributed by atoms with Crippen LogP contribution >= 0.6 is 0 Å². The highest BCUT2D eigenvalue weighted by Gasteiger charge is 2.32. The molecule has 0 bridgehead atoms. The molecule has 1 aliphatic carbocycles. The van der Waals surface area contributed by atoms with Crippen molar-refractivity contribution in [3.8, 4) is 0 Å². The fourth-order valence-corrected chi connectivity index (χ4v) is 6.35. The van der Waals surface area contributed by atoms with Crippen LogP contribution in [0.5, 0.6) is 0 Å². The monoisotopic (exact) mass is 469 g/mol. The summed E-state index contributed by atoms with van der Waals surface area (Å²) in [7, 11) is -3.74. The van der Waals surface area contributed by atoms with E-state index < -0.39 is 10.0 Å². The minimum atomic E-state index is -3.74. The Balaban J connectivity index is 1.52. The van der Waals surface area contributed by atoms with Gasteiger partial charge in [-0.25, -0.2) is 13.1 Å². The quantitative estimate of drug-likeness (QED) is 0.650. The van der Waals surface area contributed by atoms with Crippen molar-refractivity contribution in [1.29, 1.82) is 0 Å². The highest BCUT2D eigenvalue weighted by atomic mass is 32.2. The molecule has 0 radical (unpaired) electrons. The molecule has 2 N–H and O–H groups in total. The average Bonchev–Trinajstić information content (AvgIpc) is 3.44.